The van der Waals surface area contributed by atoms with Crippen LogP contribution in [0.3, 0.4) is 0 Å². The Morgan fingerprint density at radius 2 is 1.96 bits per heavy atom. The van der Waals surface area contributed by atoms with E-state index in [1.807, 2.05) is 18.2 Å². The van der Waals surface area contributed by atoms with Crippen molar-refractivity contribution in [3.05, 3.63) is 63.1 Å². The average molecular weight is 339 g/mol. The molecule has 1 aliphatic carbocycles. The molecule has 1 aromatic heterocycles. The molecule has 0 saturated heterocycles. The molecule has 6 nitrogen and oxygen atoms in total. The maximum absolute atomic E-state index is 13.0. The van der Waals surface area contributed by atoms with Crippen molar-refractivity contribution in [2.75, 3.05) is 6.54 Å². The van der Waals surface area contributed by atoms with E-state index in [9.17, 15) is 14.7 Å². The van der Waals surface area contributed by atoms with Gasteiger partial charge in [0.15, 0.2) is 0 Å². The van der Waals surface area contributed by atoms with Crippen LogP contribution in [0.25, 0.3) is 0 Å². The summed E-state index contributed by atoms with van der Waals surface area (Å²) < 4.78 is 1.32. The van der Waals surface area contributed by atoms with Crippen LogP contribution < -0.4 is 5.56 Å². The summed E-state index contributed by atoms with van der Waals surface area (Å²) in [6.45, 7) is 0.849. The molecule has 2 aliphatic rings. The highest BCUT2D eigenvalue weighted by molar-refractivity contribution is 5.86. The second-order valence-corrected chi connectivity index (χ2v) is 7.03. The zero-order chi connectivity index (χ0) is 17.6. The molecule has 6 heteroatoms. The van der Waals surface area contributed by atoms with Gasteiger partial charge in [-0.15, -0.1) is 0 Å². The summed E-state index contributed by atoms with van der Waals surface area (Å²) in [4.78, 5) is 26.5. The van der Waals surface area contributed by atoms with Crippen LogP contribution in [-0.4, -0.2) is 37.8 Å². The molecule has 4 rings (SSSR count). The first-order valence-corrected chi connectivity index (χ1v) is 8.61. The number of carbonyl (C=O) groups is 1. The Kier molecular flexibility index (Phi) is 3.72. The molecule has 25 heavy (non-hydrogen) atoms. The highest BCUT2D eigenvalue weighted by atomic mass is 16.3. The monoisotopic (exact) mass is 339 g/mol. The van der Waals surface area contributed by atoms with Gasteiger partial charge in [-0.3, -0.25) is 9.59 Å². The second-order valence-electron chi connectivity index (χ2n) is 7.03. The number of nitrogens with zero attached hydrogens (tertiary/aromatic N) is 3. The van der Waals surface area contributed by atoms with E-state index >= 15 is 0 Å². The van der Waals surface area contributed by atoms with Crippen LogP contribution in [0.15, 0.2) is 35.1 Å². The predicted octanol–water partition coefficient (Wildman–Crippen LogP) is 0.585. The zero-order valence-electron chi connectivity index (χ0n) is 14.2. The standard InChI is InChI=1S/C19H21N3O3/c1-21-17(23)10-15-12-22(9-7-16(15)20-21)18(24)19(25)8-6-13-4-2-3-5-14(13)11-19/h2-5,10,25H,6-9,11-12H2,1H3. The molecule has 0 saturated carbocycles. The van der Waals surface area contributed by atoms with Gasteiger partial charge in [-0.05, 0) is 24.0 Å². The maximum atomic E-state index is 13.0. The largest absolute Gasteiger partial charge is 0.380 e. The number of hydrogen-bond donors (Lipinski definition) is 1. The Hall–Kier alpha value is -2.47. The summed E-state index contributed by atoms with van der Waals surface area (Å²) >= 11 is 0. The molecule has 130 valence electrons. The van der Waals surface area contributed by atoms with Crippen molar-refractivity contribution < 1.29 is 9.90 Å². The molecule has 0 spiro atoms. The van der Waals surface area contributed by atoms with Gasteiger partial charge in [0.1, 0.15) is 5.60 Å². The lowest BCUT2D eigenvalue weighted by Crippen LogP contribution is -2.53. The highest BCUT2D eigenvalue weighted by Gasteiger charge is 2.42. The summed E-state index contributed by atoms with van der Waals surface area (Å²) in [6.07, 6.45) is 2.08. The van der Waals surface area contributed by atoms with Crippen molar-refractivity contribution in [1.82, 2.24) is 14.7 Å². The summed E-state index contributed by atoms with van der Waals surface area (Å²) in [7, 11) is 1.63. The smallest absolute Gasteiger partial charge is 0.266 e. The van der Waals surface area contributed by atoms with E-state index in [-0.39, 0.29) is 11.5 Å². The first-order valence-electron chi connectivity index (χ1n) is 8.61. The molecule has 1 unspecified atom stereocenters. The Balaban J connectivity index is 1.57. The van der Waals surface area contributed by atoms with Gasteiger partial charge in [0, 0.05) is 44.6 Å². The second kappa shape index (κ2) is 5.81. The van der Waals surface area contributed by atoms with Gasteiger partial charge in [0.2, 0.25) is 0 Å². The molecular weight excluding hydrogens is 318 g/mol. The van der Waals surface area contributed by atoms with Crippen LogP contribution in [0.1, 0.15) is 28.8 Å². The van der Waals surface area contributed by atoms with Gasteiger partial charge in [-0.25, -0.2) is 4.68 Å². The normalized spacial score (nSPS) is 22.2. The van der Waals surface area contributed by atoms with Crippen molar-refractivity contribution in [2.45, 2.75) is 37.8 Å². The summed E-state index contributed by atoms with van der Waals surface area (Å²) in [6, 6.07) is 9.50. The van der Waals surface area contributed by atoms with Crippen LogP contribution in [0, 0.1) is 0 Å². The number of hydrogen-bond acceptors (Lipinski definition) is 4. The summed E-state index contributed by atoms with van der Waals surface area (Å²) in [5.74, 6) is -0.242. The molecule has 2 aromatic rings. The van der Waals surface area contributed by atoms with Crippen molar-refractivity contribution in [3.63, 3.8) is 0 Å². The van der Waals surface area contributed by atoms with Crippen LogP contribution in [0.5, 0.6) is 0 Å². The van der Waals surface area contributed by atoms with Crippen molar-refractivity contribution in [2.24, 2.45) is 7.05 Å². The maximum Gasteiger partial charge on any atom is 0.266 e. The third-order valence-electron chi connectivity index (χ3n) is 5.33. The minimum atomic E-state index is -1.36. The molecule has 0 bridgehead atoms. The van der Waals surface area contributed by atoms with Crippen LogP contribution in [0.2, 0.25) is 0 Å². The van der Waals surface area contributed by atoms with E-state index in [4.69, 9.17) is 0 Å². The first kappa shape index (κ1) is 16.0. The topological polar surface area (TPSA) is 75.4 Å². The number of aryl methyl sites for hydroxylation is 2. The minimum Gasteiger partial charge on any atom is -0.380 e. The number of carbonyl (C=O) groups excluding carboxylic acids is 1. The molecule has 1 aliphatic heterocycles. The molecule has 0 radical (unpaired) electrons. The molecule has 1 atom stereocenters. The van der Waals surface area contributed by atoms with Crippen molar-refractivity contribution in [3.8, 4) is 0 Å². The van der Waals surface area contributed by atoms with Gasteiger partial charge in [-0.2, -0.15) is 5.10 Å². The Bertz CT molecular complexity index is 905. The van der Waals surface area contributed by atoms with E-state index in [1.54, 1.807) is 18.0 Å². The predicted molar refractivity (Wildman–Crippen MR) is 92.0 cm³/mol. The van der Waals surface area contributed by atoms with E-state index in [0.29, 0.717) is 38.8 Å². The quantitative estimate of drug-likeness (QED) is 0.825. The number of fused-ring (bicyclic) bond motifs is 2. The van der Waals surface area contributed by atoms with Gasteiger partial charge in [-0.1, -0.05) is 24.3 Å². The molecule has 1 aromatic carbocycles. The van der Waals surface area contributed by atoms with E-state index in [2.05, 4.69) is 11.2 Å². The number of rotatable bonds is 1. The van der Waals surface area contributed by atoms with Crippen LogP contribution >= 0.6 is 0 Å². The van der Waals surface area contributed by atoms with E-state index in [1.165, 1.54) is 10.2 Å². The van der Waals surface area contributed by atoms with Gasteiger partial charge in [0.25, 0.3) is 11.5 Å². The third kappa shape index (κ3) is 2.76. The Morgan fingerprint density at radius 3 is 2.76 bits per heavy atom. The molecule has 0 fully saturated rings. The lowest BCUT2D eigenvalue weighted by molar-refractivity contribution is -0.153. The van der Waals surface area contributed by atoms with Crippen molar-refractivity contribution >= 4 is 5.91 Å². The third-order valence-corrected chi connectivity index (χ3v) is 5.33. The molecule has 1 amide bonds. The molecule has 1 N–H and O–H groups in total. The summed E-state index contributed by atoms with van der Waals surface area (Å²) in [5, 5.41) is 15.3. The number of benzene rings is 1. The van der Waals surface area contributed by atoms with E-state index in [0.717, 1.165) is 16.8 Å². The minimum absolute atomic E-state index is 0.182. The number of aliphatic hydroxyl groups is 1. The first-order chi connectivity index (χ1) is 12.0. The zero-order valence-corrected chi connectivity index (χ0v) is 14.2. The summed E-state index contributed by atoms with van der Waals surface area (Å²) in [5.41, 5.74) is 2.33. The fraction of sp³-hybridized carbons (Fsp3) is 0.421. The average Bonchev–Trinajstić information content (AvgIpc) is 2.61. The van der Waals surface area contributed by atoms with Gasteiger partial charge >= 0.3 is 0 Å². The van der Waals surface area contributed by atoms with Gasteiger partial charge in [0.05, 0.1) is 5.69 Å². The Morgan fingerprint density at radius 1 is 1.20 bits per heavy atom. The van der Waals surface area contributed by atoms with Gasteiger partial charge < -0.3 is 10.0 Å². The number of aromatic nitrogens is 2. The lowest BCUT2D eigenvalue weighted by Gasteiger charge is -2.38. The lowest BCUT2D eigenvalue weighted by atomic mass is 9.79. The number of amides is 1. The molecular formula is C19H21N3O3. The van der Waals surface area contributed by atoms with E-state index < -0.39 is 5.60 Å². The highest BCUT2D eigenvalue weighted by Crippen LogP contribution is 2.31. The van der Waals surface area contributed by atoms with Crippen LogP contribution in [-0.2, 0) is 37.6 Å². The molecule has 2 heterocycles. The Labute approximate surface area is 145 Å². The van der Waals surface area contributed by atoms with Crippen LogP contribution in [0.4, 0.5) is 0 Å². The van der Waals surface area contributed by atoms with Crippen molar-refractivity contribution in [1.29, 1.82) is 0 Å². The fourth-order valence-electron chi connectivity index (χ4n) is 3.86. The SMILES string of the molecule is Cn1nc2c(cc1=O)CN(C(=O)C1(O)CCc3ccccc3C1)CC2. The fourth-order valence-corrected chi connectivity index (χ4v) is 3.86.